The summed E-state index contributed by atoms with van der Waals surface area (Å²) in [6.07, 6.45) is 3.82. The lowest BCUT2D eigenvalue weighted by Crippen LogP contribution is -2.38. The Morgan fingerprint density at radius 1 is 1.29 bits per heavy atom. The molecule has 1 heterocycles. The van der Waals surface area contributed by atoms with Crippen LogP contribution in [0.1, 0.15) is 52.9 Å². The molecule has 0 saturated carbocycles. The van der Waals surface area contributed by atoms with E-state index in [2.05, 4.69) is 26.1 Å². The molecule has 1 rings (SSSR count). The van der Waals surface area contributed by atoms with Crippen molar-refractivity contribution in [2.45, 2.75) is 52.9 Å². The van der Waals surface area contributed by atoms with Crippen LogP contribution in [0.2, 0.25) is 0 Å². The lowest BCUT2D eigenvalue weighted by Gasteiger charge is -2.27. The summed E-state index contributed by atoms with van der Waals surface area (Å²) in [5, 5.41) is 12.1. The van der Waals surface area contributed by atoms with Gasteiger partial charge < -0.3 is 15.2 Å². The van der Waals surface area contributed by atoms with Gasteiger partial charge in [0.2, 0.25) is 5.91 Å². The first-order chi connectivity index (χ1) is 9.79. The zero-order chi connectivity index (χ0) is 15.9. The van der Waals surface area contributed by atoms with E-state index in [1.54, 1.807) is 0 Å². The van der Waals surface area contributed by atoms with Crippen LogP contribution in [0.25, 0.3) is 0 Å². The van der Waals surface area contributed by atoms with Crippen molar-refractivity contribution in [3.63, 3.8) is 0 Å². The Bertz CT molecular complexity index is 343. The summed E-state index contributed by atoms with van der Waals surface area (Å²) in [7, 11) is 0. The molecule has 1 fully saturated rings. The van der Waals surface area contributed by atoms with Gasteiger partial charge in [-0.2, -0.15) is 0 Å². The number of nitrogens with one attached hydrogen (secondary N) is 1. The van der Waals surface area contributed by atoms with E-state index in [9.17, 15) is 14.7 Å². The fraction of sp³-hybridized carbons (Fsp3) is 0.875. The minimum atomic E-state index is -0.822. The summed E-state index contributed by atoms with van der Waals surface area (Å²) in [5.41, 5.74) is 0.228. The highest BCUT2D eigenvalue weighted by Crippen LogP contribution is 2.24. The number of ether oxygens (including phenoxy) is 1. The Hall–Kier alpha value is -1.10. The van der Waals surface area contributed by atoms with E-state index in [0.717, 1.165) is 25.7 Å². The third-order valence-electron chi connectivity index (χ3n) is 4.00. The van der Waals surface area contributed by atoms with Crippen molar-refractivity contribution in [2.75, 3.05) is 19.8 Å². The van der Waals surface area contributed by atoms with Crippen molar-refractivity contribution in [1.82, 2.24) is 5.32 Å². The molecule has 1 aliphatic rings. The summed E-state index contributed by atoms with van der Waals surface area (Å²) >= 11 is 0. The van der Waals surface area contributed by atoms with Crippen LogP contribution in [0.3, 0.4) is 0 Å². The number of carbonyl (C=O) groups excluding carboxylic acids is 1. The molecule has 1 amide bonds. The van der Waals surface area contributed by atoms with E-state index < -0.39 is 11.9 Å². The molecule has 2 N–H and O–H groups in total. The predicted octanol–water partition coefficient (Wildman–Crippen LogP) is 2.45. The maximum absolute atomic E-state index is 11.8. The third-order valence-corrected chi connectivity index (χ3v) is 4.00. The van der Waals surface area contributed by atoms with Gasteiger partial charge in [-0.1, -0.05) is 20.8 Å². The van der Waals surface area contributed by atoms with Gasteiger partial charge in [-0.05, 0) is 37.0 Å². The molecule has 0 radical (unpaired) electrons. The van der Waals surface area contributed by atoms with E-state index in [0.29, 0.717) is 19.6 Å². The predicted molar refractivity (Wildman–Crippen MR) is 81.0 cm³/mol. The Labute approximate surface area is 127 Å². The fourth-order valence-electron chi connectivity index (χ4n) is 2.67. The van der Waals surface area contributed by atoms with Crippen LogP contribution in [0, 0.1) is 17.3 Å². The van der Waals surface area contributed by atoms with Gasteiger partial charge in [0, 0.05) is 26.2 Å². The summed E-state index contributed by atoms with van der Waals surface area (Å²) in [5.74, 6) is -1.26. The second kappa shape index (κ2) is 8.37. The average molecular weight is 299 g/mol. The van der Waals surface area contributed by atoms with E-state index in [4.69, 9.17) is 4.74 Å². The molecular formula is C16H29NO4. The third kappa shape index (κ3) is 7.46. The lowest BCUT2D eigenvalue weighted by molar-refractivity contribution is -0.144. The molecule has 5 nitrogen and oxygen atoms in total. The van der Waals surface area contributed by atoms with Crippen LogP contribution in [0.4, 0.5) is 0 Å². The van der Waals surface area contributed by atoms with Crippen molar-refractivity contribution in [2.24, 2.45) is 17.3 Å². The number of rotatable bonds is 7. The first-order valence-corrected chi connectivity index (χ1v) is 7.87. The first-order valence-electron chi connectivity index (χ1n) is 7.87. The maximum atomic E-state index is 11.8. The van der Waals surface area contributed by atoms with Gasteiger partial charge in [0.05, 0.1) is 5.92 Å². The maximum Gasteiger partial charge on any atom is 0.308 e. The van der Waals surface area contributed by atoms with Gasteiger partial charge in [-0.3, -0.25) is 9.59 Å². The van der Waals surface area contributed by atoms with Gasteiger partial charge in [0.15, 0.2) is 0 Å². The van der Waals surface area contributed by atoms with Crippen LogP contribution < -0.4 is 5.32 Å². The molecule has 1 aliphatic heterocycles. The minimum absolute atomic E-state index is 0.0439. The molecular weight excluding hydrogens is 270 g/mol. The molecule has 122 valence electrons. The SMILES string of the molecule is CC(C)(C)CCCC(=O)NCC(C(=O)O)C1CCOCC1. The van der Waals surface area contributed by atoms with Gasteiger partial charge in [-0.15, -0.1) is 0 Å². The number of hydrogen-bond donors (Lipinski definition) is 2. The second-order valence-electron chi connectivity index (χ2n) is 7.11. The van der Waals surface area contributed by atoms with Crippen LogP contribution in [0.15, 0.2) is 0 Å². The molecule has 1 saturated heterocycles. The Morgan fingerprint density at radius 2 is 1.90 bits per heavy atom. The molecule has 0 bridgehead atoms. The topological polar surface area (TPSA) is 75.6 Å². The quantitative estimate of drug-likeness (QED) is 0.757. The van der Waals surface area contributed by atoms with Crippen LogP contribution in [-0.4, -0.2) is 36.7 Å². The highest BCUT2D eigenvalue weighted by atomic mass is 16.5. The summed E-state index contributed by atoms with van der Waals surface area (Å²) in [6, 6.07) is 0. The molecule has 1 unspecified atom stereocenters. The number of carboxylic acids is 1. The summed E-state index contributed by atoms with van der Waals surface area (Å²) in [4.78, 5) is 23.2. The molecule has 0 spiro atoms. The van der Waals surface area contributed by atoms with Crippen molar-refractivity contribution in [3.05, 3.63) is 0 Å². The van der Waals surface area contributed by atoms with Crippen LogP contribution in [-0.2, 0) is 14.3 Å². The number of aliphatic carboxylic acids is 1. The molecule has 0 aromatic heterocycles. The Morgan fingerprint density at radius 3 is 2.43 bits per heavy atom. The largest absolute Gasteiger partial charge is 0.481 e. The molecule has 1 atom stereocenters. The van der Waals surface area contributed by atoms with Gasteiger partial charge in [-0.25, -0.2) is 0 Å². The highest BCUT2D eigenvalue weighted by molar-refractivity contribution is 5.77. The average Bonchev–Trinajstić information content (AvgIpc) is 2.38. The second-order valence-corrected chi connectivity index (χ2v) is 7.11. The Kier molecular flexibility index (Phi) is 7.15. The number of amides is 1. The van der Waals surface area contributed by atoms with Gasteiger partial charge in [0.1, 0.15) is 0 Å². The first kappa shape index (κ1) is 18.0. The molecule has 0 aliphatic carbocycles. The highest BCUT2D eigenvalue weighted by Gasteiger charge is 2.29. The molecule has 5 heteroatoms. The van der Waals surface area contributed by atoms with Gasteiger partial charge >= 0.3 is 5.97 Å². The van der Waals surface area contributed by atoms with Crippen LogP contribution >= 0.6 is 0 Å². The number of carbonyl (C=O) groups is 2. The van der Waals surface area contributed by atoms with Crippen molar-refractivity contribution in [1.29, 1.82) is 0 Å². The zero-order valence-corrected chi connectivity index (χ0v) is 13.5. The number of hydrogen-bond acceptors (Lipinski definition) is 3. The molecule has 21 heavy (non-hydrogen) atoms. The normalized spacial score (nSPS) is 18.2. The minimum Gasteiger partial charge on any atom is -0.481 e. The zero-order valence-electron chi connectivity index (χ0n) is 13.5. The van der Waals surface area contributed by atoms with Gasteiger partial charge in [0.25, 0.3) is 0 Å². The van der Waals surface area contributed by atoms with Crippen LogP contribution in [0.5, 0.6) is 0 Å². The molecule has 0 aromatic carbocycles. The summed E-state index contributed by atoms with van der Waals surface area (Å²) in [6.45, 7) is 7.92. The standard InChI is InChI=1S/C16H29NO4/c1-16(2,3)8-4-5-14(18)17-11-13(15(19)20)12-6-9-21-10-7-12/h12-13H,4-11H2,1-3H3,(H,17,18)(H,19,20). The monoisotopic (exact) mass is 299 g/mol. The Balaban J connectivity index is 2.32. The fourth-order valence-corrected chi connectivity index (χ4v) is 2.67. The van der Waals surface area contributed by atoms with Crippen molar-refractivity contribution >= 4 is 11.9 Å². The lowest BCUT2D eigenvalue weighted by atomic mass is 9.86. The van der Waals surface area contributed by atoms with E-state index in [-0.39, 0.29) is 23.8 Å². The van der Waals surface area contributed by atoms with Crippen molar-refractivity contribution < 1.29 is 19.4 Å². The van der Waals surface area contributed by atoms with E-state index >= 15 is 0 Å². The summed E-state index contributed by atoms with van der Waals surface area (Å²) < 4.78 is 5.26. The van der Waals surface area contributed by atoms with E-state index in [1.807, 2.05) is 0 Å². The molecule has 0 aromatic rings. The number of carboxylic acid groups (broad SMARTS) is 1. The van der Waals surface area contributed by atoms with Crippen molar-refractivity contribution in [3.8, 4) is 0 Å². The van der Waals surface area contributed by atoms with E-state index in [1.165, 1.54) is 0 Å². The smallest absolute Gasteiger partial charge is 0.308 e.